The summed E-state index contributed by atoms with van der Waals surface area (Å²) in [5.74, 6) is 0.390. The lowest BCUT2D eigenvalue weighted by Crippen LogP contribution is -2.27. The fourth-order valence-corrected chi connectivity index (χ4v) is 2.42. The molecule has 0 aliphatic rings. The Balaban J connectivity index is 2.02. The van der Waals surface area contributed by atoms with Crippen molar-refractivity contribution in [3.05, 3.63) is 30.5 Å². The van der Waals surface area contributed by atoms with E-state index in [0.717, 1.165) is 0 Å². The van der Waals surface area contributed by atoms with E-state index in [1.54, 1.807) is 0 Å². The Morgan fingerprint density at radius 1 is 1.39 bits per heavy atom. The van der Waals surface area contributed by atoms with Crippen LogP contribution >= 0.6 is 0 Å². The van der Waals surface area contributed by atoms with Crippen molar-refractivity contribution < 1.29 is 12.9 Å². The van der Waals surface area contributed by atoms with E-state index < -0.39 is 10.0 Å². The molecule has 0 saturated heterocycles. The van der Waals surface area contributed by atoms with E-state index in [2.05, 4.69) is 24.4 Å². The number of sulfonamides is 1. The summed E-state index contributed by atoms with van der Waals surface area (Å²) in [6.07, 6.45) is 2.94. The molecular weight excluding hydrogens is 258 g/mol. The zero-order valence-corrected chi connectivity index (χ0v) is 10.1. The first-order valence-corrected chi connectivity index (χ1v) is 6.53. The zero-order valence-electron chi connectivity index (χ0n) is 9.28. The molecule has 96 valence electrons. The van der Waals surface area contributed by atoms with Crippen LogP contribution in [0.4, 0.5) is 5.82 Å². The van der Waals surface area contributed by atoms with Crippen LogP contribution in [0.25, 0.3) is 0 Å². The van der Waals surface area contributed by atoms with Crippen molar-refractivity contribution in [1.82, 2.24) is 19.8 Å². The molecule has 0 aromatic carbocycles. The molecule has 2 rings (SSSR count). The molecule has 0 aliphatic carbocycles. The summed E-state index contributed by atoms with van der Waals surface area (Å²) >= 11 is 0. The maximum absolute atomic E-state index is 11.9. The molecule has 0 bridgehead atoms. The van der Waals surface area contributed by atoms with Crippen LogP contribution in [-0.4, -0.2) is 30.1 Å². The van der Waals surface area contributed by atoms with Crippen molar-refractivity contribution >= 4 is 15.8 Å². The number of rotatable bonds is 5. The van der Waals surface area contributed by atoms with Crippen LogP contribution in [0, 0.1) is 0 Å². The van der Waals surface area contributed by atoms with Gasteiger partial charge >= 0.3 is 0 Å². The number of aromatic nitrogens is 3. The van der Waals surface area contributed by atoms with Gasteiger partial charge in [-0.25, -0.2) is 18.1 Å². The Bertz CT molecular complexity index is 611. The quantitative estimate of drug-likeness (QED) is 0.754. The van der Waals surface area contributed by atoms with Crippen LogP contribution in [0.1, 0.15) is 5.82 Å². The molecule has 2 aromatic heterocycles. The van der Waals surface area contributed by atoms with Crippen LogP contribution in [0.15, 0.2) is 34.1 Å². The Hall–Kier alpha value is -2.00. The van der Waals surface area contributed by atoms with Crippen molar-refractivity contribution in [2.75, 3.05) is 12.3 Å². The van der Waals surface area contributed by atoms with E-state index in [1.807, 2.05) is 0 Å². The molecular formula is C9H11N5O3S. The Morgan fingerprint density at radius 3 is 2.89 bits per heavy atom. The normalized spacial score (nSPS) is 11.6. The average molecular weight is 269 g/mol. The lowest BCUT2D eigenvalue weighted by molar-refractivity contribution is 0.410. The van der Waals surface area contributed by atoms with Crippen molar-refractivity contribution in [1.29, 1.82) is 0 Å². The number of nitrogens with zero attached hydrogens (tertiary/aromatic N) is 3. The first-order valence-electron chi connectivity index (χ1n) is 5.05. The first kappa shape index (κ1) is 12.5. The van der Waals surface area contributed by atoms with E-state index in [4.69, 9.17) is 5.73 Å². The van der Waals surface area contributed by atoms with Gasteiger partial charge in [-0.05, 0) is 12.1 Å². The van der Waals surface area contributed by atoms with Gasteiger partial charge < -0.3 is 10.3 Å². The highest BCUT2D eigenvalue weighted by atomic mass is 32.2. The third-order valence-electron chi connectivity index (χ3n) is 2.14. The van der Waals surface area contributed by atoms with Gasteiger partial charge in [0.1, 0.15) is 10.7 Å². The second kappa shape index (κ2) is 5.10. The molecule has 0 saturated carbocycles. The number of pyridine rings is 1. The van der Waals surface area contributed by atoms with Crippen molar-refractivity contribution in [3.63, 3.8) is 0 Å². The fraction of sp³-hybridized carbons (Fsp3) is 0.222. The molecule has 0 unspecified atom stereocenters. The minimum Gasteiger partial charge on any atom is -0.383 e. The van der Waals surface area contributed by atoms with Crippen LogP contribution in [0.3, 0.4) is 0 Å². The summed E-state index contributed by atoms with van der Waals surface area (Å²) in [6.45, 7) is 0.149. The van der Waals surface area contributed by atoms with Gasteiger partial charge in [-0.15, -0.1) is 0 Å². The lowest BCUT2D eigenvalue weighted by Gasteiger charge is -2.06. The van der Waals surface area contributed by atoms with Crippen LogP contribution in [0.2, 0.25) is 0 Å². The summed E-state index contributed by atoms with van der Waals surface area (Å²) in [6, 6.07) is 2.89. The maximum atomic E-state index is 11.9. The topological polar surface area (TPSA) is 124 Å². The summed E-state index contributed by atoms with van der Waals surface area (Å²) in [7, 11) is -3.67. The van der Waals surface area contributed by atoms with Gasteiger partial charge in [-0.2, -0.15) is 4.98 Å². The highest BCUT2D eigenvalue weighted by molar-refractivity contribution is 7.89. The van der Waals surface area contributed by atoms with Crippen LogP contribution in [-0.2, 0) is 16.4 Å². The van der Waals surface area contributed by atoms with Crippen molar-refractivity contribution in [3.8, 4) is 0 Å². The molecule has 0 amide bonds. The molecule has 0 fully saturated rings. The van der Waals surface area contributed by atoms with Gasteiger partial charge in [0, 0.05) is 19.2 Å². The summed E-state index contributed by atoms with van der Waals surface area (Å²) in [4.78, 5) is 7.46. The lowest BCUT2D eigenvalue weighted by atomic mass is 10.4. The SMILES string of the molecule is Nc1ncccc1S(=O)(=O)NCCc1ncon1. The number of anilines is 1. The standard InChI is InChI=1S/C9H11N5O3S/c10-9-7(2-1-4-11-9)18(15,16)13-5-3-8-12-6-17-14-8/h1-2,4,6,13H,3,5H2,(H2,10,11). The third-order valence-corrected chi connectivity index (χ3v) is 3.65. The Labute approximate surface area is 103 Å². The number of nitrogen functional groups attached to an aromatic ring is 1. The molecule has 0 radical (unpaired) electrons. The highest BCUT2D eigenvalue weighted by Crippen LogP contribution is 2.13. The Morgan fingerprint density at radius 2 is 2.22 bits per heavy atom. The minimum atomic E-state index is -3.67. The number of hydrogen-bond donors (Lipinski definition) is 2. The summed E-state index contributed by atoms with van der Waals surface area (Å²) < 4.78 is 30.7. The molecule has 0 aliphatic heterocycles. The summed E-state index contributed by atoms with van der Waals surface area (Å²) in [5, 5.41) is 3.57. The van der Waals surface area contributed by atoms with Crippen LogP contribution in [0.5, 0.6) is 0 Å². The van der Waals surface area contributed by atoms with Gasteiger partial charge in [-0.1, -0.05) is 5.16 Å². The molecule has 2 heterocycles. The van der Waals surface area contributed by atoms with E-state index >= 15 is 0 Å². The molecule has 0 atom stereocenters. The van der Waals surface area contributed by atoms with E-state index in [1.165, 1.54) is 24.7 Å². The molecule has 0 spiro atoms. The number of hydrogen-bond acceptors (Lipinski definition) is 7. The second-order valence-corrected chi connectivity index (χ2v) is 5.12. The van der Waals surface area contributed by atoms with Gasteiger partial charge in [0.05, 0.1) is 0 Å². The monoisotopic (exact) mass is 269 g/mol. The average Bonchev–Trinajstić information content (AvgIpc) is 2.82. The fourth-order valence-electron chi connectivity index (χ4n) is 1.31. The third kappa shape index (κ3) is 2.81. The molecule has 2 aromatic rings. The van der Waals surface area contributed by atoms with E-state index in [9.17, 15) is 8.42 Å². The van der Waals surface area contributed by atoms with Gasteiger partial charge in [0.15, 0.2) is 5.82 Å². The predicted octanol–water partition coefficient (Wildman–Crippen LogP) is -0.432. The zero-order chi connectivity index (χ0) is 13.0. The highest BCUT2D eigenvalue weighted by Gasteiger charge is 2.17. The van der Waals surface area contributed by atoms with E-state index in [-0.39, 0.29) is 17.3 Å². The Kier molecular flexibility index (Phi) is 3.53. The van der Waals surface area contributed by atoms with Gasteiger partial charge in [-0.3, -0.25) is 0 Å². The number of nitrogens with two attached hydrogens (primary N) is 1. The minimum absolute atomic E-state index is 0.0374. The first-order chi connectivity index (χ1) is 8.59. The largest absolute Gasteiger partial charge is 0.383 e. The molecule has 8 nitrogen and oxygen atoms in total. The molecule has 3 N–H and O–H groups in total. The number of nitrogens with one attached hydrogen (secondary N) is 1. The molecule has 18 heavy (non-hydrogen) atoms. The molecule has 9 heteroatoms. The van der Waals surface area contributed by atoms with Crippen molar-refractivity contribution in [2.24, 2.45) is 0 Å². The van der Waals surface area contributed by atoms with Crippen LogP contribution < -0.4 is 10.5 Å². The smallest absolute Gasteiger partial charge is 0.244 e. The van der Waals surface area contributed by atoms with Gasteiger partial charge in [0.2, 0.25) is 16.4 Å². The van der Waals surface area contributed by atoms with Gasteiger partial charge in [0.25, 0.3) is 0 Å². The van der Waals surface area contributed by atoms with Crippen molar-refractivity contribution in [2.45, 2.75) is 11.3 Å². The maximum Gasteiger partial charge on any atom is 0.244 e. The second-order valence-electron chi connectivity index (χ2n) is 3.38. The summed E-state index contributed by atoms with van der Waals surface area (Å²) in [5.41, 5.74) is 5.50. The predicted molar refractivity (Wildman–Crippen MR) is 61.8 cm³/mol. The van der Waals surface area contributed by atoms with E-state index in [0.29, 0.717) is 12.2 Å².